The van der Waals surface area contributed by atoms with Crippen LogP contribution in [0.4, 0.5) is 0 Å². The Morgan fingerprint density at radius 2 is 2.12 bits per heavy atom. The molecule has 0 aromatic heterocycles. The van der Waals surface area contributed by atoms with E-state index in [1.165, 1.54) is 0 Å². The molecule has 0 spiro atoms. The molecular weight excluding hydrogens is 246 g/mol. The normalized spacial score (nSPS) is 17.1. The number of ether oxygens (including phenoxy) is 2. The van der Waals surface area contributed by atoms with Crippen molar-refractivity contribution >= 4 is 5.97 Å². The summed E-state index contributed by atoms with van der Waals surface area (Å²) in [6.45, 7) is 0.825. The second-order valence-electron chi connectivity index (χ2n) is 3.52. The average Bonchev–Trinajstić information content (AvgIpc) is 2.28. The Morgan fingerprint density at radius 1 is 1.41 bits per heavy atom. The number of hydrogen-bond acceptors (Lipinski definition) is 4. The summed E-state index contributed by atoms with van der Waals surface area (Å²) in [7, 11) is 0. The van der Waals surface area contributed by atoms with E-state index in [2.05, 4.69) is 5.32 Å². The predicted octanol–water partition coefficient (Wildman–Crippen LogP) is -2.50. The molecule has 1 unspecified atom stereocenters. The molecule has 6 heteroatoms. The maximum atomic E-state index is 10.3. The highest BCUT2D eigenvalue weighted by Gasteiger charge is 2.20. The molecule has 0 aliphatic carbocycles. The summed E-state index contributed by atoms with van der Waals surface area (Å²) in [5.74, 6) is 0.560. The van der Waals surface area contributed by atoms with Crippen molar-refractivity contribution in [3.8, 4) is 11.5 Å². The molecule has 0 saturated heterocycles. The van der Waals surface area contributed by atoms with Crippen LogP contribution in [-0.2, 0) is 4.79 Å². The van der Waals surface area contributed by atoms with Gasteiger partial charge in [0, 0.05) is 6.54 Å². The van der Waals surface area contributed by atoms with Crippen molar-refractivity contribution in [1.82, 2.24) is 5.32 Å². The predicted molar refractivity (Wildman–Crippen MR) is 56.9 cm³/mol. The van der Waals surface area contributed by atoms with Crippen molar-refractivity contribution in [2.24, 2.45) is 0 Å². The van der Waals surface area contributed by atoms with Crippen LogP contribution in [0.2, 0.25) is 0 Å². The number of aliphatic carboxylic acids is 1. The number of rotatable bonds is 4. The van der Waals surface area contributed by atoms with Crippen LogP contribution in [0.15, 0.2) is 24.3 Å². The first-order valence-corrected chi connectivity index (χ1v) is 5.06. The third-order valence-electron chi connectivity index (χ3n) is 2.22. The minimum absolute atomic E-state index is 0. The Balaban J connectivity index is 0.00000144. The summed E-state index contributed by atoms with van der Waals surface area (Å²) >= 11 is 0. The molecule has 0 bridgehead atoms. The van der Waals surface area contributed by atoms with Crippen LogP contribution in [0.3, 0.4) is 0 Å². The quantitative estimate of drug-likeness (QED) is 0.625. The van der Waals surface area contributed by atoms with Crippen molar-refractivity contribution in [3.05, 3.63) is 24.3 Å². The zero-order chi connectivity index (χ0) is 11.4. The molecule has 1 aliphatic heterocycles. The molecule has 1 aliphatic rings. The molecule has 0 fully saturated rings. The zero-order valence-electron chi connectivity index (χ0n) is 9.06. The summed E-state index contributed by atoms with van der Waals surface area (Å²) in [4.78, 5) is 10.3. The average molecular weight is 259 g/mol. The number of halogens is 1. The van der Waals surface area contributed by atoms with E-state index >= 15 is 0 Å². The van der Waals surface area contributed by atoms with Gasteiger partial charge in [0.2, 0.25) is 0 Å². The van der Waals surface area contributed by atoms with E-state index in [1.54, 1.807) is 0 Å². The van der Waals surface area contributed by atoms with Crippen LogP contribution in [0.25, 0.3) is 0 Å². The van der Waals surface area contributed by atoms with E-state index in [-0.39, 0.29) is 25.1 Å². The van der Waals surface area contributed by atoms with Gasteiger partial charge in [-0.1, -0.05) is 12.1 Å². The summed E-state index contributed by atoms with van der Waals surface area (Å²) < 4.78 is 11.1. The fraction of sp³-hybridized carbons (Fsp3) is 0.364. The molecular formula is C11H13ClNO4-. The van der Waals surface area contributed by atoms with Gasteiger partial charge in [-0.25, -0.2) is 0 Å². The number of fused-ring (bicyclic) bond motifs is 1. The molecule has 1 atom stereocenters. The van der Waals surface area contributed by atoms with Gasteiger partial charge < -0.3 is 32.3 Å². The smallest absolute Gasteiger partial charge is 0.317 e. The standard InChI is InChI=1S/C11H13NO4.ClH/c13-11(14)6-12-5-8-7-15-9-3-1-2-4-10(9)16-8;/h1-4,8,12H,5-7H2,(H,13,14);1H/p-1. The second kappa shape index (κ2) is 6.32. The second-order valence-corrected chi connectivity index (χ2v) is 3.52. The molecule has 5 nitrogen and oxygen atoms in total. The van der Waals surface area contributed by atoms with E-state index in [1.807, 2.05) is 24.3 Å². The summed E-state index contributed by atoms with van der Waals surface area (Å²) in [5, 5.41) is 11.2. The number of carboxylic acid groups (broad SMARTS) is 1. The first-order chi connectivity index (χ1) is 7.75. The van der Waals surface area contributed by atoms with E-state index in [9.17, 15) is 4.79 Å². The largest absolute Gasteiger partial charge is 1.00 e. The molecule has 17 heavy (non-hydrogen) atoms. The van der Waals surface area contributed by atoms with E-state index in [4.69, 9.17) is 14.6 Å². The fourth-order valence-electron chi connectivity index (χ4n) is 1.50. The lowest BCUT2D eigenvalue weighted by Gasteiger charge is -2.26. The lowest BCUT2D eigenvalue weighted by Crippen LogP contribution is -3.00. The van der Waals surface area contributed by atoms with Crippen molar-refractivity contribution in [3.63, 3.8) is 0 Å². The first-order valence-electron chi connectivity index (χ1n) is 5.06. The summed E-state index contributed by atoms with van der Waals surface area (Å²) in [5.41, 5.74) is 0. The van der Waals surface area contributed by atoms with Crippen LogP contribution in [-0.4, -0.2) is 36.9 Å². The minimum atomic E-state index is -0.878. The lowest BCUT2D eigenvalue weighted by atomic mass is 10.2. The molecule has 0 saturated carbocycles. The van der Waals surface area contributed by atoms with Gasteiger partial charge >= 0.3 is 5.97 Å². The van der Waals surface area contributed by atoms with Crippen LogP contribution in [0, 0.1) is 0 Å². The third-order valence-corrected chi connectivity index (χ3v) is 2.22. The Morgan fingerprint density at radius 3 is 2.82 bits per heavy atom. The molecule has 2 N–H and O–H groups in total. The fourth-order valence-corrected chi connectivity index (χ4v) is 1.50. The van der Waals surface area contributed by atoms with Gasteiger partial charge in [-0.15, -0.1) is 0 Å². The maximum absolute atomic E-state index is 10.3. The highest BCUT2D eigenvalue weighted by atomic mass is 35.5. The van der Waals surface area contributed by atoms with Gasteiger partial charge in [0.15, 0.2) is 11.5 Å². The minimum Gasteiger partial charge on any atom is -1.00 e. The Labute approximate surface area is 105 Å². The molecule has 1 aromatic rings. The highest BCUT2D eigenvalue weighted by Crippen LogP contribution is 2.30. The molecule has 94 valence electrons. The SMILES string of the molecule is O=C(O)CNCC1COc2ccccc2O1.[Cl-]. The molecule has 0 radical (unpaired) electrons. The van der Waals surface area contributed by atoms with E-state index in [0.717, 1.165) is 5.75 Å². The van der Waals surface area contributed by atoms with E-state index < -0.39 is 5.97 Å². The zero-order valence-corrected chi connectivity index (χ0v) is 9.81. The molecule has 0 amide bonds. The van der Waals surface area contributed by atoms with E-state index in [0.29, 0.717) is 18.9 Å². The molecule has 1 aromatic carbocycles. The Hall–Kier alpha value is -1.46. The van der Waals surface area contributed by atoms with Gasteiger partial charge in [0.05, 0.1) is 6.54 Å². The van der Waals surface area contributed by atoms with Gasteiger partial charge in [0.25, 0.3) is 0 Å². The monoisotopic (exact) mass is 258 g/mol. The third kappa shape index (κ3) is 3.80. The molecule has 1 heterocycles. The van der Waals surface area contributed by atoms with Crippen LogP contribution < -0.4 is 27.2 Å². The van der Waals surface area contributed by atoms with Crippen LogP contribution >= 0.6 is 0 Å². The number of nitrogens with one attached hydrogen (secondary N) is 1. The summed E-state index contributed by atoms with van der Waals surface area (Å²) in [6.07, 6.45) is -0.144. The maximum Gasteiger partial charge on any atom is 0.317 e. The highest BCUT2D eigenvalue weighted by molar-refractivity contribution is 5.68. The van der Waals surface area contributed by atoms with Gasteiger partial charge in [-0.2, -0.15) is 0 Å². The number of hydrogen-bond donors (Lipinski definition) is 2. The van der Waals surface area contributed by atoms with Crippen molar-refractivity contribution in [1.29, 1.82) is 0 Å². The number of carboxylic acids is 1. The van der Waals surface area contributed by atoms with Crippen molar-refractivity contribution < 1.29 is 31.8 Å². The Bertz CT molecular complexity index is 385. The van der Waals surface area contributed by atoms with Crippen molar-refractivity contribution in [2.75, 3.05) is 19.7 Å². The molecule has 2 rings (SSSR count). The van der Waals surface area contributed by atoms with Crippen LogP contribution in [0.1, 0.15) is 0 Å². The van der Waals surface area contributed by atoms with Gasteiger partial charge in [-0.3, -0.25) is 4.79 Å². The number of para-hydroxylation sites is 2. The summed E-state index contributed by atoms with van der Waals surface area (Å²) in [6, 6.07) is 7.43. The number of benzene rings is 1. The van der Waals surface area contributed by atoms with Gasteiger partial charge in [-0.05, 0) is 12.1 Å². The topological polar surface area (TPSA) is 67.8 Å². The van der Waals surface area contributed by atoms with Crippen LogP contribution in [0.5, 0.6) is 11.5 Å². The Kier molecular flexibility index (Phi) is 5.06. The van der Waals surface area contributed by atoms with Gasteiger partial charge in [0.1, 0.15) is 12.7 Å². The number of carbonyl (C=O) groups is 1. The lowest BCUT2D eigenvalue weighted by molar-refractivity contribution is -0.136. The van der Waals surface area contributed by atoms with Crippen molar-refractivity contribution in [2.45, 2.75) is 6.10 Å². The first kappa shape index (κ1) is 13.6.